The van der Waals surface area contributed by atoms with Crippen LogP contribution in [0.25, 0.3) is 0 Å². The molecule has 21 heavy (non-hydrogen) atoms. The van der Waals surface area contributed by atoms with Crippen molar-refractivity contribution in [3.05, 3.63) is 0 Å². The third kappa shape index (κ3) is 3.72. The molecule has 0 heterocycles. The molecule has 0 aromatic carbocycles. The fraction of sp³-hybridized carbons (Fsp3) is 0.824. The minimum absolute atomic E-state index is 0.0609. The van der Waals surface area contributed by atoms with E-state index in [9.17, 15) is 14.4 Å². The van der Waals surface area contributed by atoms with E-state index in [-0.39, 0.29) is 30.0 Å². The van der Waals surface area contributed by atoms with Crippen LogP contribution in [0.2, 0.25) is 0 Å². The molecule has 4 atom stereocenters. The summed E-state index contributed by atoms with van der Waals surface area (Å²) in [5, 5.41) is 0. The van der Waals surface area contributed by atoms with E-state index in [2.05, 4.69) is 13.8 Å². The van der Waals surface area contributed by atoms with Gasteiger partial charge in [0.1, 0.15) is 17.8 Å². The van der Waals surface area contributed by atoms with Crippen LogP contribution in [-0.2, 0) is 19.1 Å². The standard InChI is InChI=1S/C17H26O4/c1-10(2)13-6-4-5-7-15(13)21-17(20)16-11(3)8-12(18)9-14(16)19/h10-11,13,15-16H,4-9H2,1-3H3/t11-,13?,15?,16?/m0/s1. The zero-order valence-electron chi connectivity index (χ0n) is 13.3. The van der Waals surface area contributed by atoms with Gasteiger partial charge in [0.25, 0.3) is 0 Å². The first-order valence-corrected chi connectivity index (χ1v) is 8.15. The van der Waals surface area contributed by atoms with Crippen LogP contribution in [-0.4, -0.2) is 23.6 Å². The second-order valence-electron chi connectivity index (χ2n) is 7.01. The molecule has 2 rings (SSSR count). The third-order valence-electron chi connectivity index (χ3n) is 4.97. The predicted molar refractivity (Wildman–Crippen MR) is 78.6 cm³/mol. The summed E-state index contributed by atoms with van der Waals surface area (Å²) in [7, 11) is 0. The average Bonchev–Trinajstić information content (AvgIpc) is 2.37. The lowest BCUT2D eigenvalue weighted by Gasteiger charge is -2.35. The Kier molecular flexibility index (Phi) is 5.17. The monoisotopic (exact) mass is 294 g/mol. The molecule has 2 aliphatic rings. The maximum Gasteiger partial charge on any atom is 0.317 e. The maximum absolute atomic E-state index is 12.4. The van der Waals surface area contributed by atoms with Gasteiger partial charge in [-0.25, -0.2) is 0 Å². The van der Waals surface area contributed by atoms with Crippen molar-refractivity contribution in [1.29, 1.82) is 0 Å². The summed E-state index contributed by atoms with van der Waals surface area (Å²) >= 11 is 0. The van der Waals surface area contributed by atoms with Crippen LogP contribution in [0.5, 0.6) is 0 Å². The Labute approximate surface area is 126 Å². The minimum Gasteiger partial charge on any atom is -0.462 e. The Bertz CT molecular complexity index is 427. The van der Waals surface area contributed by atoms with Gasteiger partial charge in [-0.05, 0) is 37.0 Å². The van der Waals surface area contributed by atoms with Crippen molar-refractivity contribution in [3.8, 4) is 0 Å². The molecule has 0 aromatic rings. The van der Waals surface area contributed by atoms with Crippen molar-refractivity contribution in [3.63, 3.8) is 0 Å². The zero-order chi connectivity index (χ0) is 15.6. The molecule has 118 valence electrons. The molecular weight excluding hydrogens is 268 g/mol. The first-order chi connectivity index (χ1) is 9.90. The first kappa shape index (κ1) is 16.2. The van der Waals surface area contributed by atoms with Crippen molar-refractivity contribution in [2.75, 3.05) is 0 Å². The highest BCUT2D eigenvalue weighted by molar-refractivity contribution is 6.10. The Morgan fingerprint density at radius 1 is 1.19 bits per heavy atom. The van der Waals surface area contributed by atoms with E-state index in [0.29, 0.717) is 18.3 Å². The van der Waals surface area contributed by atoms with Gasteiger partial charge in [0.05, 0.1) is 6.42 Å². The molecule has 0 bridgehead atoms. The maximum atomic E-state index is 12.4. The molecule has 0 aromatic heterocycles. The largest absolute Gasteiger partial charge is 0.462 e. The molecule has 0 radical (unpaired) electrons. The number of hydrogen-bond acceptors (Lipinski definition) is 4. The number of rotatable bonds is 3. The van der Waals surface area contributed by atoms with E-state index in [1.165, 1.54) is 6.42 Å². The summed E-state index contributed by atoms with van der Waals surface area (Å²) in [5.41, 5.74) is 0. The predicted octanol–water partition coefficient (Wildman–Crippen LogP) is 2.93. The van der Waals surface area contributed by atoms with Gasteiger partial charge >= 0.3 is 5.97 Å². The van der Waals surface area contributed by atoms with E-state index >= 15 is 0 Å². The number of carbonyl (C=O) groups is 3. The number of hydrogen-bond donors (Lipinski definition) is 0. The van der Waals surface area contributed by atoms with Gasteiger partial charge < -0.3 is 4.74 Å². The molecule has 0 amide bonds. The summed E-state index contributed by atoms with van der Waals surface area (Å²) in [6, 6.07) is 0. The topological polar surface area (TPSA) is 60.4 Å². The van der Waals surface area contributed by atoms with Crippen molar-refractivity contribution in [2.24, 2.45) is 23.7 Å². The highest BCUT2D eigenvalue weighted by Crippen LogP contribution is 2.34. The van der Waals surface area contributed by atoms with E-state index in [0.717, 1.165) is 19.3 Å². The van der Waals surface area contributed by atoms with Crippen molar-refractivity contribution in [1.82, 2.24) is 0 Å². The average molecular weight is 294 g/mol. The van der Waals surface area contributed by atoms with Gasteiger partial charge in [0.15, 0.2) is 5.78 Å². The molecule has 0 N–H and O–H groups in total. The number of ketones is 2. The van der Waals surface area contributed by atoms with Gasteiger partial charge in [0.2, 0.25) is 0 Å². The Morgan fingerprint density at radius 3 is 2.48 bits per heavy atom. The van der Waals surface area contributed by atoms with Crippen molar-refractivity contribution >= 4 is 17.5 Å². The summed E-state index contributed by atoms with van der Waals surface area (Å²) in [6.07, 6.45) is 4.37. The van der Waals surface area contributed by atoms with Crippen LogP contribution in [0, 0.1) is 23.7 Å². The van der Waals surface area contributed by atoms with Gasteiger partial charge in [-0.1, -0.05) is 27.2 Å². The lowest BCUT2D eigenvalue weighted by Crippen LogP contribution is -2.42. The zero-order valence-corrected chi connectivity index (χ0v) is 13.3. The van der Waals surface area contributed by atoms with Gasteiger partial charge in [-0.2, -0.15) is 0 Å². The summed E-state index contributed by atoms with van der Waals surface area (Å²) in [4.78, 5) is 35.8. The first-order valence-electron chi connectivity index (χ1n) is 8.15. The molecular formula is C17H26O4. The summed E-state index contributed by atoms with van der Waals surface area (Å²) < 4.78 is 5.71. The molecule has 0 aliphatic heterocycles. The van der Waals surface area contributed by atoms with Gasteiger partial charge in [-0.3, -0.25) is 14.4 Å². The normalized spacial score (nSPS) is 34.1. The third-order valence-corrected chi connectivity index (χ3v) is 4.97. The van der Waals surface area contributed by atoms with Crippen LogP contribution in [0.1, 0.15) is 59.3 Å². The Morgan fingerprint density at radius 2 is 1.86 bits per heavy atom. The molecule has 2 fully saturated rings. The molecule has 2 saturated carbocycles. The van der Waals surface area contributed by atoms with Crippen LogP contribution >= 0.6 is 0 Å². The van der Waals surface area contributed by atoms with Crippen LogP contribution in [0.3, 0.4) is 0 Å². The van der Waals surface area contributed by atoms with Crippen LogP contribution in [0.4, 0.5) is 0 Å². The van der Waals surface area contributed by atoms with E-state index < -0.39 is 11.9 Å². The fourth-order valence-electron chi connectivity index (χ4n) is 3.79. The highest BCUT2D eigenvalue weighted by Gasteiger charge is 2.41. The molecule has 0 spiro atoms. The number of ether oxygens (including phenoxy) is 1. The molecule has 4 heteroatoms. The van der Waals surface area contributed by atoms with Crippen LogP contribution in [0.15, 0.2) is 0 Å². The number of Topliss-reactive ketones (excluding diaryl/α,β-unsaturated/α-hetero) is 2. The fourth-order valence-corrected chi connectivity index (χ4v) is 3.79. The Balaban J connectivity index is 2.02. The smallest absolute Gasteiger partial charge is 0.317 e. The minimum atomic E-state index is -0.738. The number of esters is 1. The molecule has 2 aliphatic carbocycles. The summed E-state index contributed by atoms with van der Waals surface area (Å²) in [5.74, 6) is -0.834. The van der Waals surface area contributed by atoms with Crippen molar-refractivity contribution < 1.29 is 19.1 Å². The number of carbonyl (C=O) groups excluding carboxylic acids is 3. The van der Waals surface area contributed by atoms with Gasteiger partial charge in [0, 0.05) is 6.42 Å². The quantitative estimate of drug-likeness (QED) is 0.593. The van der Waals surface area contributed by atoms with Gasteiger partial charge in [-0.15, -0.1) is 0 Å². The summed E-state index contributed by atoms with van der Waals surface area (Å²) in [6.45, 7) is 6.11. The molecule has 3 unspecified atom stereocenters. The van der Waals surface area contributed by atoms with Crippen molar-refractivity contribution in [2.45, 2.75) is 65.4 Å². The van der Waals surface area contributed by atoms with E-state index in [4.69, 9.17) is 4.74 Å². The molecule has 0 saturated heterocycles. The molecule has 4 nitrogen and oxygen atoms in total. The van der Waals surface area contributed by atoms with E-state index in [1.807, 2.05) is 0 Å². The second kappa shape index (κ2) is 6.71. The highest BCUT2D eigenvalue weighted by atomic mass is 16.5. The SMILES string of the molecule is CC(C)C1CCCCC1OC(=O)C1C(=O)CC(=O)C[C@@H]1C. The van der Waals surface area contributed by atoms with E-state index in [1.54, 1.807) is 6.92 Å². The lowest BCUT2D eigenvalue weighted by atomic mass is 9.77. The Hall–Kier alpha value is -1.19. The second-order valence-corrected chi connectivity index (χ2v) is 7.01. The lowest BCUT2D eigenvalue weighted by molar-refractivity contribution is -0.165. The van der Waals surface area contributed by atoms with Crippen LogP contribution < -0.4 is 0 Å².